The number of ether oxygens (including phenoxy) is 2. The standard InChI is InChI=1S/C11H16ClNO2/c1-3-14-8-15-11-5-4-9(7-13-2)6-10(11)12/h4-6,13H,3,7-8H2,1-2H3. The lowest BCUT2D eigenvalue weighted by atomic mass is 10.2. The molecule has 0 saturated heterocycles. The largest absolute Gasteiger partial charge is 0.466 e. The molecular weight excluding hydrogens is 214 g/mol. The second-order valence-corrected chi connectivity index (χ2v) is 3.46. The van der Waals surface area contributed by atoms with Crippen LogP contribution in [0.2, 0.25) is 5.02 Å². The Morgan fingerprint density at radius 2 is 2.20 bits per heavy atom. The quantitative estimate of drug-likeness (QED) is 0.600. The zero-order chi connectivity index (χ0) is 11.1. The molecule has 0 spiro atoms. The molecule has 0 saturated carbocycles. The second kappa shape index (κ2) is 6.67. The van der Waals surface area contributed by atoms with E-state index in [-0.39, 0.29) is 6.79 Å². The fraction of sp³-hybridized carbons (Fsp3) is 0.455. The van der Waals surface area contributed by atoms with Crippen molar-refractivity contribution >= 4 is 11.6 Å². The van der Waals surface area contributed by atoms with E-state index < -0.39 is 0 Å². The lowest BCUT2D eigenvalue weighted by Gasteiger charge is -2.09. The predicted octanol–water partition coefficient (Wildman–Crippen LogP) is 2.43. The van der Waals surface area contributed by atoms with Crippen molar-refractivity contribution in [3.8, 4) is 5.75 Å². The molecule has 0 amide bonds. The van der Waals surface area contributed by atoms with Gasteiger partial charge in [-0.2, -0.15) is 0 Å². The average Bonchev–Trinajstić information content (AvgIpc) is 2.22. The van der Waals surface area contributed by atoms with Gasteiger partial charge >= 0.3 is 0 Å². The number of nitrogens with one attached hydrogen (secondary N) is 1. The van der Waals surface area contributed by atoms with Gasteiger partial charge in [-0.15, -0.1) is 0 Å². The molecule has 15 heavy (non-hydrogen) atoms. The molecule has 0 aromatic heterocycles. The van der Waals surface area contributed by atoms with Crippen LogP contribution in [0.5, 0.6) is 5.75 Å². The van der Waals surface area contributed by atoms with Gasteiger partial charge in [-0.05, 0) is 31.7 Å². The summed E-state index contributed by atoms with van der Waals surface area (Å²) in [6.07, 6.45) is 0. The number of rotatable bonds is 6. The van der Waals surface area contributed by atoms with E-state index in [4.69, 9.17) is 21.1 Å². The summed E-state index contributed by atoms with van der Waals surface area (Å²) in [5.41, 5.74) is 1.13. The molecule has 1 rings (SSSR count). The van der Waals surface area contributed by atoms with Crippen molar-refractivity contribution < 1.29 is 9.47 Å². The van der Waals surface area contributed by atoms with Crippen LogP contribution in [0.1, 0.15) is 12.5 Å². The summed E-state index contributed by atoms with van der Waals surface area (Å²) in [4.78, 5) is 0. The predicted molar refractivity (Wildman–Crippen MR) is 61.3 cm³/mol. The van der Waals surface area contributed by atoms with Gasteiger partial charge in [0.15, 0.2) is 6.79 Å². The molecule has 4 heteroatoms. The second-order valence-electron chi connectivity index (χ2n) is 3.05. The van der Waals surface area contributed by atoms with Crippen LogP contribution < -0.4 is 10.1 Å². The minimum atomic E-state index is 0.238. The first-order valence-corrected chi connectivity index (χ1v) is 5.29. The average molecular weight is 230 g/mol. The summed E-state index contributed by atoms with van der Waals surface area (Å²) >= 11 is 6.04. The molecule has 0 aliphatic heterocycles. The van der Waals surface area contributed by atoms with Gasteiger partial charge < -0.3 is 14.8 Å². The molecule has 0 fully saturated rings. The summed E-state index contributed by atoms with van der Waals surface area (Å²) in [5, 5.41) is 3.67. The third-order valence-corrected chi connectivity index (χ3v) is 2.17. The molecule has 0 heterocycles. The number of benzene rings is 1. The maximum absolute atomic E-state index is 6.04. The lowest BCUT2D eigenvalue weighted by Crippen LogP contribution is -2.06. The molecule has 84 valence electrons. The Morgan fingerprint density at radius 1 is 1.40 bits per heavy atom. The van der Waals surface area contributed by atoms with Crippen LogP contribution in [0, 0.1) is 0 Å². The zero-order valence-corrected chi connectivity index (χ0v) is 9.80. The first-order valence-electron chi connectivity index (χ1n) is 4.91. The summed E-state index contributed by atoms with van der Waals surface area (Å²) in [6, 6.07) is 5.72. The van der Waals surface area contributed by atoms with Crippen molar-refractivity contribution in [3.63, 3.8) is 0 Å². The van der Waals surface area contributed by atoms with E-state index in [2.05, 4.69) is 5.32 Å². The fourth-order valence-electron chi connectivity index (χ4n) is 1.16. The van der Waals surface area contributed by atoms with Crippen molar-refractivity contribution in [2.45, 2.75) is 13.5 Å². The molecule has 1 aromatic carbocycles. The first-order chi connectivity index (χ1) is 7.27. The summed E-state index contributed by atoms with van der Waals surface area (Å²) in [6.45, 7) is 3.59. The van der Waals surface area contributed by atoms with Gasteiger partial charge in [-0.3, -0.25) is 0 Å². The van der Waals surface area contributed by atoms with Crippen LogP contribution in [0.4, 0.5) is 0 Å². The van der Waals surface area contributed by atoms with Crippen LogP contribution in [0.25, 0.3) is 0 Å². The van der Waals surface area contributed by atoms with Crippen molar-refractivity contribution in [1.82, 2.24) is 5.32 Å². The van der Waals surface area contributed by atoms with Crippen LogP contribution in [-0.2, 0) is 11.3 Å². The van der Waals surface area contributed by atoms with E-state index >= 15 is 0 Å². The third kappa shape index (κ3) is 4.08. The van der Waals surface area contributed by atoms with E-state index in [0.717, 1.165) is 12.1 Å². The smallest absolute Gasteiger partial charge is 0.189 e. The topological polar surface area (TPSA) is 30.5 Å². The maximum Gasteiger partial charge on any atom is 0.189 e. The van der Waals surface area contributed by atoms with Gasteiger partial charge in [-0.1, -0.05) is 17.7 Å². The number of hydrogen-bond donors (Lipinski definition) is 1. The van der Waals surface area contributed by atoms with Crippen molar-refractivity contribution in [3.05, 3.63) is 28.8 Å². The van der Waals surface area contributed by atoms with Crippen LogP contribution >= 0.6 is 11.6 Å². The zero-order valence-electron chi connectivity index (χ0n) is 9.05. The van der Waals surface area contributed by atoms with Crippen LogP contribution in [0.15, 0.2) is 18.2 Å². The van der Waals surface area contributed by atoms with Crippen molar-refractivity contribution in [2.24, 2.45) is 0 Å². The van der Waals surface area contributed by atoms with Gasteiger partial charge in [-0.25, -0.2) is 0 Å². The van der Waals surface area contributed by atoms with E-state index in [9.17, 15) is 0 Å². The van der Waals surface area contributed by atoms with Gasteiger partial charge in [0.25, 0.3) is 0 Å². The van der Waals surface area contributed by atoms with Gasteiger partial charge in [0.2, 0.25) is 0 Å². The monoisotopic (exact) mass is 229 g/mol. The fourth-order valence-corrected chi connectivity index (χ4v) is 1.42. The molecule has 1 N–H and O–H groups in total. The Bertz CT molecular complexity index is 305. The molecule has 0 aliphatic rings. The van der Waals surface area contributed by atoms with E-state index in [1.165, 1.54) is 0 Å². The van der Waals surface area contributed by atoms with E-state index in [0.29, 0.717) is 17.4 Å². The maximum atomic E-state index is 6.04. The van der Waals surface area contributed by atoms with Gasteiger partial charge in [0.05, 0.1) is 5.02 Å². The highest BCUT2D eigenvalue weighted by Crippen LogP contribution is 2.25. The molecule has 3 nitrogen and oxygen atoms in total. The Morgan fingerprint density at radius 3 is 2.80 bits per heavy atom. The molecular formula is C11H16ClNO2. The van der Waals surface area contributed by atoms with Gasteiger partial charge in [0.1, 0.15) is 5.75 Å². The molecule has 0 bridgehead atoms. The van der Waals surface area contributed by atoms with E-state index in [1.807, 2.05) is 32.2 Å². The Labute approximate surface area is 95.3 Å². The Hall–Kier alpha value is -0.770. The lowest BCUT2D eigenvalue weighted by molar-refractivity contribution is 0.0224. The summed E-state index contributed by atoms with van der Waals surface area (Å²) < 4.78 is 10.4. The minimum absolute atomic E-state index is 0.238. The summed E-state index contributed by atoms with van der Waals surface area (Å²) in [7, 11) is 1.90. The highest BCUT2D eigenvalue weighted by molar-refractivity contribution is 6.32. The Balaban J connectivity index is 2.58. The summed E-state index contributed by atoms with van der Waals surface area (Å²) in [5.74, 6) is 0.657. The van der Waals surface area contributed by atoms with Crippen molar-refractivity contribution in [2.75, 3.05) is 20.4 Å². The molecule has 0 radical (unpaired) electrons. The highest BCUT2D eigenvalue weighted by atomic mass is 35.5. The van der Waals surface area contributed by atoms with Gasteiger partial charge in [0, 0.05) is 13.2 Å². The number of hydrogen-bond acceptors (Lipinski definition) is 3. The molecule has 0 unspecified atom stereocenters. The molecule has 0 atom stereocenters. The molecule has 0 aliphatic carbocycles. The van der Waals surface area contributed by atoms with Crippen molar-refractivity contribution in [1.29, 1.82) is 0 Å². The Kier molecular flexibility index (Phi) is 5.47. The van der Waals surface area contributed by atoms with E-state index in [1.54, 1.807) is 0 Å². The first kappa shape index (κ1) is 12.3. The molecule has 1 aromatic rings. The minimum Gasteiger partial charge on any atom is -0.466 e. The van der Waals surface area contributed by atoms with Crippen LogP contribution in [0.3, 0.4) is 0 Å². The number of halogens is 1. The SMILES string of the molecule is CCOCOc1ccc(CNC)cc1Cl. The van der Waals surface area contributed by atoms with Crippen LogP contribution in [-0.4, -0.2) is 20.4 Å². The third-order valence-electron chi connectivity index (χ3n) is 1.88. The normalized spacial score (nSPS) is 10.3. The highest BCUT2D eigenvalue weighted by Gasteiger charge is 2.02.